The Morgan fingerprint density at radius 2 is 1.95 bits per heavy atom. The number of fused-ring (bicyclic) bond motifs is 1. The molecule has 0 aliphatic carbocycles. The number of nitrogens with zero attached hydrogens (tertiary/aromatic N) is 5. The third kappa shape index (κ3) is 2.72. The first-order chi connectivity index (χ1) is 10.1. The highest BCUT2D eigenvalue weighted by molar-refractivity contribution is 5.87. The van der Waals surface area contributed by atoms with Gasteiger partial charge in [-0.3, -0.25) is 4.68 Å². The Balaban J connectivity index is 2.07. The third-order valence-corrected chi connectivity index (χ3v) is 3.81. The van der Waals surface area contributed by atoms with Crippen LogP contribution in [0.25, 0.3) is 11.0 Å². The van der Waals surface area contributed by atoms with Crippen LogP contribution in [0, 0.1) is 0 Å². The van der Waals surface area contributed by atoms with Gasteiger partial charge in [0.2, 0.25) is 0 Å². The van der Waals surface area contributed by atoms with Crippen molar-refractivity contribution in [2.45, 2.75) is 45.8 Å². The first-order valence-electron chi connectivity index (χ1n) is 7.67. The van der Waals surface area contributed by atoms with Gasteiger partial charge in [-0.2, -0.15) is 5.10 Å². The summed E-state index contributed by atoms with van der Waals surface area (Å²) in [5.74, 6) is 1.90. The summed E-state index contributed by atoms with van der Waals surface area (Å²) < 4.78 is 7.65. The molecule has 6 heteroatoms. The fourth-order valence-electron chi connectivity index (χ4n) is 2.98. The van der Waals surface area contributed by atoms with Crippen molar-refractivity contribution >= 4 is 16.9 Å². The smallest absolute Gasteiger partial charge is 0.163 e. The molecule has 21 heavy (non-hydrogen) atoms. The molecule has 0 aromatic carbocycles. The van der Waals surface area contributed by atoms with Crippen LogP contribution in [0.5, 0.6) is 0 Å². The van der Waals surface area contributed by atoms with E-state index in [1.165, 1.54) is 0 Å². The standard InChI is InChI=1S/C15H23N5O/c1-5-6-13-17-14-12(7-16-19(14)4)15(18-13)20-8-10(2)21-11(3)9-20/h7,10-11H,5-6,8-9H2,1-4H3/t10-,11+. The molecular formula is C15H23N5O. The molecule has 0 radical (unpaired) electrons. The van der Waals surface area contributed by atoms with E-state index in [4.69, 9.17) is 9.72 Å². The number of anilines is 1. The van der Waals surface area contributed by atoms with Crippen LogP contribution in [0.2, 0.25) is 0 Å². The fourth-order valence-corrected chi connectivity index (χ4v) is 2.98. The molecule has 2 aromatic heterocycles. The molecule has 2 atom stereocenters. The van der Waals surface area contributed by atoms with Crippen molar-refractivity contribution in [1.29, 1.82) is 0 Å². The zero-order valence-corrected chi connectivity index (χ0v) is 13.2. The Morgan fingerprint density at radius 3 is 2.62 bits per heavy atom. The van der Waals surface area contributed by atoms with Crippen molar-refractivity contribution in [3.05, 3.63) is 12.0 Å². The van der Waals surface area contributed by atoms with Crippen molar-refractivity contribution in [2.75, 3.05) is 18.0 Å². The fraction of sp³-hybridized carbons (Fsp3) is 0.667. The maximum atomic E-state index is 5.83. The van der Waals surface area contributed by atoms with Gasteiger partial charge in [-0.25, -0.2) is 9.97 Å². The Bertz CT molecular complexity index is 628. The van der Waals surface area contributed by atoms with Crippen molar-refractivity contribution in [3.63, 3.8) is 0 Å². The number of aromatic nitrogens is 4. The highest BCUT2D eigenvalue weighted by Gasteiger charge is 2.25. The van der Waals surface area contributed by atoms with Gasteiger partial charge in [0.1, 0.15) is 11.6 Å². The highest BCUT2D eigenvalue weighted by Crippen LogP contribution is 2.26. The van der Waals surface area contributed by atoms with Crippen LogP contribution >= 0.6 is 0 Å². The molecule has 0 N–H and O–H groups in total. The molecule has 1 aliphatic rings. The average molecular weight is 289 g/mol. The SMILES string of the molecule is CCCc1nc(N2C[C@@H](C)O[C@@H](C)C2)c2cnn(C)c2n1. The number of hydrogen-bond donors (Lipinski definition) is 0. The van der Waals surface area contributed by atoms with E-state index in [9.17, 15) is 0 Å². The molecule has 1 aliphatic heterocycles. The highest BCUT2D eigenvalue weighted by atomic mass is 16.5. The van der Waals surface area contributed by atoms with Gasteiger partial charge >= 0.3 is 0 Å². The number of hydrogen-bond acceptors (Lipinski definition) is 5. The van der Waals surface area contributed by atoms with Crippen LogP contribution in [0.3, 0.4) is 0 Å². The predicted octanol–water partition coefficient (Wildman–Crippen LogP) is 1.93. The van der Waals surface area contributed by atoms with Crippen LogP contribution < -0.4 is 4.90 Å². The van der Waals surface area contributed by atoms with Crippen LogP contribution in [0.4, 0.5) is 5.82 Å². The van der Waals surface area contributed by atoms with Gasteiger partial charge in [0.15, 0.2) is 5.65 Å². The van der Waals surface area contributed by atoms with E-state index in [1.807, 2.05) is 17.9 Å². The molecule has 0 unspecified atom stereocenters. The van der Waals surface area contributed by atoms with Gasteiger partial charge in [-0.1, -0.05) is 6.92 Å². The average Bonchev–Trinajstić information content (AvgIpc) is 2.79. The van der Waals surface area contributed by atoms with E-state index in [1.54, 1.807) is 0 Å². The van der Waals surface area contributed by atoms with Crippen molar-refractivity contribution in [3.8, 4) is 0 Å². The summed E-state index contributed by atoms with van der Waals surface area (Å²) in [5, 5.41) is 5.37. The van der Waals surface area contributed by atoms with Gasteiger partial charge in [0, 0.05) is 26.6 Å². The zero-order chi connectivity index (χ0) is 15.0. The molecule has 3 heterocycles. The van der Waals surface area contributed by atoms with Gasteiger partial charge < -0.3 is 9.64 Å². The zero-order valence-electron chi connectivity index (χ0n) is 13.2. The van der Waals surface area contributed by atoms with Crippen LogP contribution in [-0.4, -0.2) is 45.0 Å². The normalized spacial score (nSPS) is 23.0. The van der Waals surface area contributed by atoms with Crippen LogP contribution in [0.15, 0.2) is 6.20 Å². The summed E-state index contributed by atoms with van der Waals surface area (Å²) in [6.45, 7) is 8.08. The van der Waals surface area contributed by atoms with Gasteiger partial charge in [0.25, 0.3) is 0 Å². The first kappa shape index (κ1) is 14.3. The number of ether oxygens (including phenoxy) is 1. The Labute approximate surface area is 125 Å². The van der Waals surface area contributed by atoms with E-state index in [0.29, 0.717) is 0 Å². The summed E-state index contributed by atoms with van der Waals surface area (Å²) in [7, 11) is 1.93. The lowest BCUT2D eigenvalue weighted by atomic mass is 10.2. The quantitative estimate of drug-likeness (QED) is 0.864. The minimum Gasteiger partial charge on any atom is -0.372 e. The second-order valence-electron chi connectivity index (χ2n) is 5.88. The number of aryl methyl sites for hydroxylation is 2. The van der Waals surface area contributed by atoms with E-state index in [2.05, 4.69) is 35.8 Å². The molecule has 3 rings (SSSR count). The van der Waals surface area contributed by atoms with Crippen LogP contribution in [-0.2, 0) is 18.2 Å². The lowest BCUT2D eigenvalue weighted by molar-refractivity contribution is -0.00538. The molecule has 0 amide bonds. The molecule has 114 valence electrons. The minimum atomic E-state index is 0.213. The largest absolute Gasteiger partial charge is 0.372 e. The molecule has 0 bridgehead atoms. The molecule has 1 saturated heterocycles. The molecular weight excluding hydrogens is 266 g/mol. The summed E-state index contributed by atoms with van der Waals surface area (Å²) in [6.07, 6.45) is 4.23. The minimum absolute atomic E-state index is 0.213. The maximum Gasteiger partial charge on any atom is 0.163 e. The van der Waals surface area contributed by atoms with E-state index in [-0.39, 0.29) is 12.2 Å². The summed E-state index contributed by atoms with van der Waals surface area (Å²) in [5.41, 5.74) is 0.912. The molecule has 1 fully saturated rings. The molecule has 0 saturated carbocycles. The second kappa shape index (κ2) is 5.60. The summed E-state index contributed by atoms with van der Waals surface area (Å²) in [4.78, 5) is 11.8. The second-order valence-corrected chi connectivity index (χ2v) is 5.88. The number of morpholine rings is 1. The van der Waals surface area contributed by atoms with Gasteiger partial charge in [-0.15, -0.1) is 0 Å². The lowest BCUT2D eigenvalue weighted by Crippen LogP contribution is -2.46. The molecule has 2 aromatic rings. The topological polar surface area (TPSA) is 56.1 Å². The van der Waals surface area contributed by atoms with Crippen molar-refractivity contribution in [2.24, 2.45) is 7.05 Å². The van der Waals surface area contributed by atoms with Gasteiger partial charge in [0.05, 0.1) is 23.8 Å². The number of rotatable bonds is 3. The molecule has 0 spiro atoms. The van der Waals surface area contributed by atoms with E-state index < -0.39 is 0 Å². The van der Waals surface area contributed by atoms with Gasteiger partial charge in [-0.05, 0) is 20.3 Å². The Kier molecular flexibility index (Phi) is 3.80. The summed E-state index contributed by atoms with van der Waals surface area (Å²) >= 11 is 0. The Hall–Kier alpha value is -1.69. The van der Waals surface area contributed by atoms with E-state index >= 15 is 0 Å². The monoisotopic (exact) mass is 289 g/mol. The Morgan fingerprint density at radius 1 is 1.24 bits per heavy atom. The van der Waals surface area contributed by atoms with Crippen molar-refractivity contribution < 1.29 is 4.74 Å². The first-order valence-corrected chi connectivity index (χ1v) is 7.67. The molecule has 6 nitrogen and oxygen atoms in total. The van der Waals surface area contributed by atoms with Crippen LogP contribution in [0.1, 0.15) is 33.0 Å². The maximum absolute atomic E-state index is 5.83. The predicted molar refractivity (Wildman–Crippen MR) is 82.5 cm³/mol. The third-order valence-electron chi connectivity index (χ3n) is 3.81. The summed E-state index contributed by atoms with van der Waals surface area (Å²) in [6, 6.07) is 0. The lowest BCUT2D eigenvalue weighted by Gasteiger charge is -2.36. The van der Waals surface area contributed by atoms with Crippen molar-refractivity contribution in [1.82, 2.24) is 19.7 Å². The van der Waals surface area contributed by atoms with E-state index in [0.717, 1.165) is 48.6 Å².